The van der Waals surface area contributed by atoms with Gasteiger partial charge in [-0.15, -0.1) is 0 Å². The maximum absolute atomic E-state index is 9.95. The Morgan fingerprint density at radius 3 is 2.81 bits per heavy atom. The fourth-order valence-corrected chi connectivity index (χ4v) is 2.60. The van der Waals surface area contributed by atoms with Crippen molar-refractivity contribution in [3.8, 4) is 11.6 Å². The van der Waals surface area contributed by atoms with Gasteiger partial charge in [-0.1, -0.05) is 12.1 Å². The number of hydrogen-bond acceptors (Lipinski definition) is 4. The Bertz CT molecular complexity index is 809. The Hall–Kier alpha value is -2.56. The summed E-state index contributed by atoms with van der Waals surface area (Å²) >= 11 is 0. The molecule has 2 aromatic heterocycles. The molecule has 1 aromatic carbocycles. The van der Waals surface area contributed by atoms with Gasteiger partial charge in [-0.2, -0.15) is 0 Å². The standard InChI is InChI=1S/C16H17N3O2/c1-10-11(2)19(15-14(10)16(20)18-9-17-15)8-12-5-4-6-13(7-12)21-3/h4-7,9H,8H2,1-3H3,(H,17,18,20). The van der Waals surface area contributed by atoms with E-state index < -0.39 is 0 Å². The van der Waals surface area contributed by atoms with Gasteiger partial charge in [-0.3, -0.25) is 0 Å². The van der Waals surface area contributed by atoms with E-state index in [1.54, 1.807) is 7.11 Å². The second-order valence-electron chi connectivity index (χ2n) is 5.04. The number of nitrogens with zero attached hydrogens (tertiary/aromatic N) is 3. The fourth-order valence-electron chi connectivity index (χ4n) is 2.60. The number of aromatic hydroxyl groups is 1. The van der Waals surface area contributed by atoms with Crippen LogP contribution in [0.2, 0.25) is 0 Å². The predicted octanol–water partition coefficient (Wildman–Crippen LogP) is 2.81. The number of aromatic nitrogens is 3. The zero-order valence-corrected chi connectivity index (χ0v) is 12.3. The average Bonchev–Trinajstić information content (AvgIpc) is 2.74. The van der Waals surface area contributed by atoms with Crippen molar-refractivity contribution in [1.29, 1.82) is 0 Å². The summed E-state index contributed by atoms with van der Waals surface area (Å²) in [4.78, 5) is 8.19. The van der Waals surface area contributed by atoms with Crippen molar-refractivity contribution in [1.82, 2.24) is 14.5 Å². The summed E-state index contributed by atoms with van der Waals surface area (Å²) in [6.45, 7) is 4.67. The number of aryl methyl sites for hydroxylation is 1. The van der Waals surface area contributed by atoms with Gasteiger partial charge in [0.05, 0.1) is 12.5 Å². The van der Waals surface area contributed by atoms with Crippen LogP contribution in [0, 0.1) is 13.8 Å². The lowest BCUT2D eigenvalue weighted by atomic mass is 10.2. The molecule has 1 N–H and O–H groups in total. The van der Waals surface area contributed by atoms with Crippen molar-refractivity contribution in [3.05, 3.63) is 47.4 Å². The van der Waals surface area contributed by atoms with Gasteiger partial charge in [-0.25, -0.2) is 9.97 Å². The molecular weight excluding hydrogens is 266 g/mol. The summed E-state index contributed by atoms with van der Waals surface area (Å²) in [5, 5.41) is 10.7. The van der Waals surface area contributed by atoms with E-state index in [2.05, 4.69) is 14.5 Å². The van der Waals surface area contributed by atoms with Crippen LogP contribution in [0.15, 0.2) is 30.6 Å². The summed E-state index contributed by atoms with van der Waals surface area (Å²) in [5.74, 6) is 0.862. The SMILES string of the molecule is COc1cccc(Cn2c(C)c(C)c3c(O)ncnc32)c1. The first-order valence-corrected chi connectivity index (χ1v) is 6.74. The molecule has 0 atom stereocenters. The van der Waals surface area contributed by atoms with Gasteiger partial charge in [0, 0.05) is 12.2 Å². The van der Waals surface area contributed by atoms with Gasteiger partial charge in [0.15, 0.2) is 0 Å². The smallest absolute Gasteiger partial charge is 0.223 e. The van der Waals surface area contributed by atoms with Crippen molar-refractivity contribution in [2.45, 2.75) is 20.4 Å². The average molecular weight is 283 g/mol. The first-order valence-electron chi connectivity index (χ1n) is 6.74. The van der Waals surface area contributed by atoms with E-state index in [1.807, 2.05) is 38.1 Å². The maximum atomic E-state index is 9.95. The molecule has 0 radical (unpaired) electrons. The minimum atomic E-state index is 0.0324. The zero-order chi connectivity index (χ0) is 15.0. The molecule has 108 valence electrons. The van der Waals surface area contributed by atoms with Crippen molar-refractivity contribution >= 4 is 11.0 Å². The van der Waals surface area contributed by atoms with E-state index in [1.165, 1.54) is 6.33 Å². The van der Waals surface area contributed by atoms with Crippen LogP contribution in [-0.2, 0) is 6.54 Å². The summed E-state index contributed by atoms with van der Waals surface area (Å²) < 4.78 is 7.34. The number of rotatable bonds is 3. The van der Waals surface area contributed by atoms with Crippen LogP contribution in [0.25, 0.3) is 11.0 Å². The normalized spacial score (nSPS) is 11.0. The summed E-state index contributed by atoms with van der Waals surface area (Å²) in [5.41, 5.74) is 3.95. The van der Waals surface area contributed by atoms with Crippen LogP contribution in [0.5, 0.6) is 11.6 Å². The lowest BCUT2D eigenvalue weighted by molar-refractivity contribution is 0.414. The molecule has 21 heavy (non-hydrogen) atoms. The summed E-state index contributed by atoms with van der Waals surface area (Å²) in [6, 6.07) is 7.93. The largest absolute Gasteiger partial charge is 0.497 e. The minimum Gasteiger partial charge on any atom is -0.497 e. The molecule has 0 aliphatic rings. The van der Waals surface area contributed by atoms with Crippen LogP contribution < -0.4 is 4.74 Å². The van der Waals surface area contributed by atoms with E-state index in [0.717, 1.165) is 33.6 Å². The van der Waals surface area contributed by atoms with Gasteiger partial charge >= 0.3 is 0 Å². The molecule has 0 saturated heterocycles. The monoisotopic (exact) mass is 283 g/mol. The Morgan fingerprint density at radius 2 is 2.05 bits per heavy atom. The second kappa shape index (κ2) is 5.09. The predicted molar refractivity (Wildman–Crippen MR) is 80.8 cm³/mol. The number of benzene rings is 1. The molecule has 0 aliphatic carbocycles. The molecule has 2 heterocycles. The Kier molecular flexibility index (Phi) is 3.25. The van der Waals surface area contributed by atoms with Crippen molar-refractivity contribution in [2.24, 2.45) is 0 Å². The van der Waals surface area contributed by atoms with E-state index in [-0.39, 0.29) is 5.88 Å². The van der Waals surface area contributed by atoms with Gasteiger partial charge in [0.1, 0.15) is 17.7 Å². The second-order valence-corrected chi connectivity index (χ2v) is 5.04. The number of ether oxygens (including phenoxy) is 1. The number of hydrogen-bond donors (Lipinski definition) is 1. The third-order valence-corrected chi connectivity index (χ3v) is 3.86. The third kappa shape index (κ3) is 2.20. The molecule has 5 nitrogen and oxygen atoms in total. The number of methoxy groups -OCH3 is 1. The quantitative estimate of drug-likeness (QED) is 0.803. The molecule has 0 aliphatic heterocycles. The van der Waals surface area contributed by atoms with Crippen LogP contribution >= 0.6 is 0 Å². The molecule has 0 bridgehead atoms. The van der Waals surface area contributed by atoms with Crippen LogP contribution in [0.1, 0.15) is 16.8 Å². The highest BCUT2D eigenvalue weighted by atomic mass is 16.5. The molecule has 0 unspecified atom stereocenters. The van der Waals surface area contributed by atoms with E-state index in [0.29, 0.717) is 6.54 Å². The Labute approximate surface area is 122 Å². The molecule has 0 amide bonds. The van der Waals surface area contributed by atoms with Gasteiger partial charge < -0.3 is 14.4 Å². The Balaban J connectivity index is 2.12. The molecule has 3 aromatic rings. The van der Waals surface area contributed by atoms with E-state index in [4.69, 9.17) is 4.74 Å². The first-order chi connectivity index (χ1) is 10.1. The highest BCUT2D eigenvalue weighted by Crippen LogP contribution is 2.29. The third-order valence-electron chi connectivity index (χ3n) is 3.86. The van der Waals surface area contributed by atoms with Crippen LogP contribution in [-0.4, -0.2) is 26.8 Å². The Morgan fingerprint density at radius 1 is 1.24 bits per heavy atom. The maximum Gasteiger partial charge on any atom is 0.223 e. The topological polar surface area (TPSA) is 60.2 Å². The molecule has 3 rings (SSSR count). The highest BCUT2D eigenvalue weighted by molar-refractivity contribution is 5.86. The molecule has 0 saturated carbocycles. The zero-order valence-electron chi connectivity index (χ0n) is 12.3. The van der Waals surface area contributed by atoms with Crippen molar-refractivity contribution in [2.75, 3.05) is 7.11 Å². The lowest BCUT2D eigenvalue weighted by Crippen LogP contribution is -2.03. The molecule has 5 heteroatoms. The fraction of sp³-hybridized carbons (Fsp3) is 0.250. The van der Waals surface area contributed by atoms with E-state index in [9.17, 15) is 5.11 Å². The van der Waals surface area contributed by atoms with Gasteiger partial charge in [0.25, 0.3) is 0 Å². The molecular formula is C16H17N3O2. The summed E-state index contributed by atoms with van der Waals surface area (Å²) in [7, 11) is 1.66. The minimum absolute atomic E-state index is 0.0324. The van der Waals surface area contributed by atoms with Crippen molar-refractivity contribution in [3.63, 3.8) is 0 Å². The number of fused-ring (bicyclic) bond motifs is 1. The summed E-state index contributed by atoms with van der Waals surface area (Å²) in [6.07, 6.45) is 1.39. The van der Waals surface area contributed by atoms with Crippen LogP contribution in [0.4, 0.5) is 0 Å². The van der Waals surface area contributed by atoms with Crippen molar-refractivity contribution < 1.29 is 9.84 Å². The lowest BCUT2D eigenvalue weighted by Gasteiger charge is -2.09. The highest BCUT2D eigenvalue weighted by Gasteiger charge is 2.16. The van der Waals surface area contributed by atoms with E-state index >= 15 is 0 Å². The van der Waals surface area contributed by atoms with Crippen LogP contribution in [0.3, 0.4) is 0 Å². The van der Waals surface area contributed by atoms with Gasteiger partial charge in [-0.05, 0) is 37.1 Å². The first kappa shape index (κ1) is 13.4. The molecule has 0 fully saturated rings. The molecule has 0 spiro atoms. The van der Waals surface area contributed by atoms with Gasteiger partial charge in [0.2, 0.25) is 5.88 Å².